The molecule has 0 aliphatic carbocycles. The van der Waals surface area contributed by atoms with E-state index in [0.717, 1.165) is 25.7 Å². The molecule has 1 atom stereocenters. The summed E-state index contributed by atoms with van der Waals surface area (Å²) in [6.07, 6.45) is 5.55. The fourth-order valence-corrected chi connectivity index (χ4v) is 0.702. The highest BCUT2D eigenvalue weighted by Crippen LogP contribution is 2.02. The number of rotatable bonds is 5. The van der Waals surface area contributed by atoms with Crippen molar-refractivity contribution in [3.05, 3.63) is 12.7 Å². The van der Waals surface area contributed by atoms with Gasteiger partial charge in [0.2, 0.25) is 0 Å². The molecule has 0 rings (SSSR count). The van der Waals surface area contributed by atoms with Gasteiger partial charge in [0.05, 0.1) is 6.10 Å². The Bertz CT molecular complexity index is 67.0. The average molecular weight is 127 g/mol. The van der Waals surface area contributed by atoms with Crippen LogP contribution in [0.25, 0.3) is 0 Å². The number of hydrogen-bond acceptors (Lipinski definition) is 1. The van der Waals surface area contributed by atoms with E-state index in [1.165, 1.54) is 0 Å². The van der Waals surface area contributed by atoms with Crippen LogP contribution in [-0.2, 0) is 0 Å². The van der Waals surface area contributed by atoms with Crippen LogP contribution in [0.1, 0.15) is 32.6 Å². The maximum absolute atomic E-state index is 8.81. The van der Waals surface area contributed by atoms with E-state index in [9.17, 15) is 0 Å². The van der Waals surface area contributed by atoms with Crippen molar-refractivity contribution in [3.63, 3.8) is 0 Å². The van der Waals surface area contributed by atoms with Crippen LogP contribution < -0.4 is 0 Å². The number of unbranched alkanes of at least 4 members (excludes halogenated alkanes) is 2. The van der Waals surface area contributed by atoms with Crippen molar-refractivity contribution in [2.24, 2.45) is 0 Å². The van der Waals surface area contributed by atoms with Crippen molar-refractivity contribution in [2.45, 2.75) is 38.7 Å². The van der Waals surface area contributed by atoms with Crippen molar-refractivity contribution in [1.29, 1.82) is 0 Å². The summed E-state index contributed by atoms with van der Waals surface area (Å²) in [5.41, 5.74) is 0. The van der Waals surface area contributed by atoms with Gasteiger partial charge in [-0.15, -0.1) is 0 Å². The minimum absolute atomic E-state index is 0.150. The second kappa shape index (κ2) is 5.83. The Kier molecular flexibility index (Phi) is 5.64. The molecule has 0 aliphatic rings. The molecule has 0 saturated heterocycles. The fourth-order valence-electron chi connectivity index (χ4n) is 0.702. The molecule has 0 aromatic heterocycles. The summed E-state index contributed by atoms with van der Waals surface area (Å²) in [5.74, 6) is 0. The van der Waals surface area contributed by atoms with E-state index in [1.807, 2.05) is 6.92 Å². The van der Waals surface area contributed by atoms with E-state index in [0.29, 0.717) is 0 Å². The largest absolute Gasteiger partial charge is 0.393 e. The summed E-state index contributed by atoms with van der Waals surface area (Å²) in [4.78, 5) is 0. The average Bonchev–Trinajstić information content (AvgIpc) is 1.80. The summed E-state index contributed by atoms with van der Waals surface area (Å²) < 4.78 is 0. The minimum Gasteiger partial charge on any atom is -0.393 e. The predicted molar refractivity (Wildman–Crippen MR) is 39.0 cm³/mol. The summed E-state index contributed by atoms with van der Waals surface area (Å²) in [6.45, 7) is 6.97. The monoisotopic (exact) mass is 127 g/mol. The first-order valence-corrected chi connectivity index (χ1v) is 3.49. The predicted octanol–water partition coefficient (Wildman–Crippen LogP) is 1.92. The van der Waals surface area contributed by atoms with E-state index >= 15 is 0 Å². The van der Waals surface area contributed by atoms with Gasteiger partial charge in [-0.1, -0.05) is 19.1 Å². The maximum Gasteiger partial charge on any atom is 0.0512 e. The lowest BCUT2D eigenvalue weighted by Gasteiger charge is -2.00. The van der Waals surface area contributed by atoms with E-state index < -0.39 is 0 Å². The number of aliphatic hydroxyl groups excluding tert-OH is 1. The van der Waals surface area contributed by atoms with Gasteiger partial charge in [0.15, 0.2) is 0 Å². The van der Waals surface area contributed by atoms with Gasteiger partial charge in [0.1, 0.15) is 0 Å². The van der Waals surface area contributed by atoms with Gasteiger partial charge in [0.25, 0.3) is 0 Å². The molecule has 9 heavy (non-hydrogen) atoms. The fraction of sp³-hybridized carbons (Fsp3) is 0.750. The Labute approximate surface area is 57.4 Å². The van der Waals surface area contributed by atoms with Crippen LogP contribution in [0.3, 0.4) is 0 Å². The molecule has 0 heterocycles. The highest BCUT2D eigenvalue weighted by Gasteiger charge is 1.92. The highest BCUT2D eigenvalue weighted by molar-refractivity contribution is 4.62. The standard InChI is InChI=1S/C8H15O/c1-3-4-5-6-7-8(2)9/h1,3,8-9H,4-7H2,2H3. The van der Waals surface area contributed by atoms with Crippen molar-refractivity contribution in [2.75, 3.05) is 0 Å². The zero-order valence-electron chi connectivity index (χ0n) is 6.01. The molecule has 0 aromatic carbocycles. The van der Waals surface area contributed by atoms with E-state index in [4.69, 9.17) is 11.7 Å². The first-order valence-electron chi connectivity index (χ1n) is 3.49. The van der Waals surface area contributed by atoms with Crippen molar-refractivity contribution < 1.29 is 5.11 Å². The lowest BCUT2D eigenvalue weighted by molar-refractivity contribution is 0.181. The summed E-state index contributed by atoms with van der Waals surface area (Å²) in [7, 11) is 0. The molecular formula is C8H15O. The van der Waals surface area contributed by atoms with Gasteiger partial charge in [-0.2, -0.15) is 0 Å². The summed E-state index contributed by atoms with van der Waals surface area (Å²) >= 11 is 0. The SMILES string of the molecule is [CH]=CCCCCC(C)O. The summed E-state index contributed by atoms with van der Waals surface area (Å²) in [6, 6.07) is 0. The Hall–Kier alpha value is -0.300. The van der Waals surface area contributed by atoms with Gasteiger partial charge in [0, 0.05) is 0 Å². The number of hydrogen-bond donors (Lipinski definition) is 1. The Morgan fingerprint density at radius 2 is 2.22 bits per heavy atom. The zero-order chi connectivity index (χ0) is 7.11. The molecule has 1 unspecified atom stereocenters. The number of aliphatic hydroxyl groups is 1. The third kappa shape index (κ3) is 7.70. The molecule has 0 bridgehead atoms. The second-order valence-electron chi connectivity index (χ2n) is 2.37. The molecule has 1 radical (unpaired) electrons. The molecule has 0 aliphatic heterocycles. The van der Waals surface area contributed by atoms with Crippen LogP contribution in [0.2, 0.25) is 0 Å². The molecule has 1 nitrogen and oxygen atoms in total. The van der Waals surface area contributed by atoms with Gasteiger partial charge in [-0.05, 0) is 26.2 Å². The topological polar surface area (TPSA) is 20.2 Å². The Balaban J connectivity index is 2.82. The van der Waals surface area contributed by atoms with E-state index in [-0.39, 0.29) is 6.10 Å². The number of allylic oxidation sites excluding steroid dienone is 1. The second-order valence-corrected chi connectivity index (χ2v) is 2.37. The van der Waals surface area contributed by atoms with E-state index in [1.54, 1.807) is 6.08 Å². The van der Waals surface area contributed by atoms with E-state index in [2.05, 4.69) is 0 Å². The maximum atomic E-state index is 8.81. The van der Waals surface area contributed by atoms with Crippen LogP contribution in [0.15, 0.2) is 6.08 Å². The summed E-state index contributed by atoms with van der Waals surface area (Å²) in [5, 5.41) is 8.81. The minimum atomic E-state index is -0.150. The van der Waals surface area contributed by atoms with Crippen LogP contribution in [-0.4, -0.2) is 11.2 Å². The lowest BCUT2D eigenvalue weighted by Crippen LogP contribution is -1.97. The zero-order valence-corrected chi connectivity index (χ0v) is 6.01. The molecule has 0 saturated carbocycles. The molecule has 1 heteroatoms. The van der Waals surface area contributed by atoms with Crippen LogP contribution in [0.4, 0.5) is 0 Å². The van der Waals surface area contributed by atoms with Gasteiger partial charge in [-0.25, -0.2) is 0 Å². The molecular weight excluding hydrogens is 112 g/mol. The first-order chi connectivity index (χ1) is 4.27. The Morgan fingerprint density at radius 1 is 1.56 bits per heavy atom. The lowest BCUT2D eigenvalue weighted by atomic mass is 10.1. The van der Waals surface area contributed by atoms with Crippen molar-refractivity contribution in [1.82, 2.24) is 0 Å². The molecule has 53 valence electrons. The van der Waals surface area contributed by atoms with Gasteiger partial charge in [-0.3, -0.25) is 0 Å². The smallest absolute Gasteiger partial charge is 0.0512 e. The highest BCUT2D eigenvalue weighted by atomic mass is 16.3. The molecule has 0 aromatic rings. The van der Waals surface area contributed by atoms with Crippen LogP contribution in [0, 0.1) is 6.58 Å². The van der Waals surface area contributed by atoms with Crippen molar-refractivity contribution >= 4 is 0 Å². The molecule has 0 amide bonds. The Morgan fingerprint density at radius 3 is 2.67 bits per heavy atom. The van der Waals surface area contributed by atoms with Crippen LogP contribution >= 0.6 is 0 Å². The van der Waals surface area contributed by atoms with Gasteiger partial charge < -0.3 is 5.11 Å². The molecule has 0 fully saturated rings. The third-order valence-corrected chi connectivity index (χ3v) is 1.24. The van der Waals surface area contributed by atoms with Crippen LogP contribution in [0.5, 0.6) is 0 Å². The first kappa shape index (κ1) is 8.70. The third-order valence-electron chi connectivity index (χ3n) is 1.24. The van der Waals surface area contributed by atoms with Crippen molar-refractivity contribution in [3.8, 4) is 0 Å². The van der Waals surface area contributed by atoms with Gasteiger partial charge >= 0.3 is 0 Å². The quantitative estimate of drug-likeness (QED) is 0.559. The molecule has 0 spiro atoms. The molecule has 1 N–H and O–H groups in total. The normalized spacial score (nSPS) is 13.1.